The van der Waals surface area contributed by atoms with Crippen LogP contribution in [0.1, 0.15) is 66.7 Å². The van der Waals surface area contributed by atoms with Crippen molar-refractivity contribution in [3.63, 3.8) is 0 Å². The van der Waals surface area contributed by atoms with E-state index in [1.54, 1.807) is 0 Å². The van der Waals surface area contributed by atoms with Crippen LogP contribution in [0.15, 0.2) is 0 Å². The van der Waals surface area contributed by atoms with Gasteiger partial charge in [-0.3, -0.25) is 0 Å². The van der Waals surface area contributed by atoms with Crippen LogP contribution in [-0.4, -0.2) is 35.0 Å². The molecule has 4 nitrogen and oxygen atoms in total. The van der Waals surface area contributed by atoms with Gasteiger partial charge in [-0.15, -0.1) is 0 Å². The molecular weight excluding hydrogens is 396 g/mol. The molecule has 168 valence electrons. The second-order valence-electron chi connectivity index (χ2n) is 11.0. The molecule has 1 rings (SSSR count). The molecule has 6 heteroatoms. The first kappa shape index (κ1) is 26.4. The Morgan fingerprint density at radius 2 is 1.76 bits per heavy atom. The van der Waals surface area contributed by atoms with Crippen LogP contribution in [0.3, 0.4) is 0 Å². The van der Waals surface area contributed by atoms with Crippen LogP contribution in [-0.2, 0) is 18.4 Å². The number of rotatable bonds is 8. The number of carbonyl (C=O) groups excluding carboxylic acids is 1. The van der Waals surface area contributed by atoms with Gasteiger partial charge >= 0.3 is 5.97 Å². The normalized spacial score (nSPS) is 25.4. The van der Waals surface area contributed by atoms with Crippen molar-refractivity contribution in [2.45, 2.75) is 110 Å². The highest BCUT2D eigenvalue weighted by molar-refractivity contribution is 6.74. The molecule has 0 heterocycles. The van der Waals surface area contributed by atoms with E-state index in [2.05, 4.69) is 79.2 Å². The van der Waals surface area contributed by atoms with E-state index in [-0.39, 0.29) is 11.0 Å². The quantitative estimate of drug-likeness (QED) is 0.110. The lowest BCUT2D eigenvalue weighted by atomic mass is 9.91. The molecule has 0 aromatic carbocycles. The van der Waals surface area contributed by atoms with Crippen LogP contribution in [0.5, 0.6) is 0 Å². The SMILES string of the molecule is CCCCOC(=O)C#CC[C@@H]1[C@@H](C)CC[C@]1(O[Si](C)(C)C)O[Si](C)(C)C(C)(C)C. The van der Waals surface area contributed by atoms with Crippen LogP contribution in [0.4, 0.5) is 0 Å². The maximum absolute atomic E-state index is 11.9. The maximum atomic E-state index is 11.9. The van der Waals surface area contributed by atoms with Gasteiger partial charge in [0.1, 0.15) is 0 Å². The first-order valence-corrected chi connectivity index (χ1v) is 17.5. The van der Waals surface area contributed by atoms with E-state index in [4.69, 9.17) is 13.6 Å². The summed E-state index contributed by atoms with van der Waals surface area (Å²) in [5.74, 6) is 5.38. The number of hydrogen-bond acceptors (Lipinski definition) is 4. The maximum Gasteiger partial charge on any atom is 0.384 e. The fourth-order valence-electron chi connectivity index (χ4n) is 3.56. The lowest BCUT2D eigenvalue weighted by Crippen LogP contribution is -2.56. The summed E-state index contributed by atoms with van der Waals surface area (Å²) in [6.45, 7) is 22.8. The van der Waals surface area contributed by atoms with Gasteiger partial charge in [0.15, 0.2) is 22.4 Å². The Hall–Kier alpha value is -0.616. The van der Waals surface area contributed by atoms with Gasteiger partial charge in [0.05, 0.1) is 6.61 Å². The lowest BCUT2D eigenvalue weighted by molar-refractivity contribution is -0.160. The van der Waals surface area contributed by atoms with E-state index < -0.39 is 28.4 Å². The number of ether oxygens (including phenoxy) is 1. The van der Waals surface area contributed by atoms with Crippen LogP contribution < -0.4 is 0 Å². The molecule has 1 aliphatic rings. The number of unbranched alkanes of at least 4 members (excludes halogenated alkanes) is 1. The van der Waals surface area contributed by atoms with E-state index in [0.717, 1.165) is 25.7 Å². The van der Waals surface area contributed by atoms with Gasteiger partial charge in [0, 0.05) is 24.7 Å². The van der Waals surface area contributed by atoms with Gasteiger partial charge in [-0.05, 0) is 56.5 Å². The Bertz CT molecular complexity index is 607. The predicted molar refractivity (Wildman–Crippen MR) is 126 cm³/mol. The summed E-state index contributed by atoms with van der Waals surface area (Å²) in [7, 11) is -3.89. The predicted octanol–water partition coefficient (Wildman–Crippen LogP) is 6.34. The summed E-state index contributed by atoms with van der Waals surface area (Å²) in [4.78, 5) is 11.9. The highest BCUT2D eigenvalue weighted by atomic mass is 28.4. The monoisotopic (exact) mass is 440 g/mol. The van der Waals surface area contributed by atoms with Crippen molar-refractivity contribution >= 4 is 22.6 Å². The minimum absolute atomic E-state index is 0.105. The van der Waals surface area contributed by atoms with Crippen LogP contribution in [0.25, 0.3) is 0 Å². The molecule has 0 aromatic rings. The van der Waals surface area contributed by atoms with Crippen molar-refractivity contribution in [2.75, 3.05) is 6.61 Å². The Balaban J connectivity index is 3.09. The van der Waals surface area contributed by atoms with E-state index in [9.17, 15) is 4.79 Å². The summed E-state index contributed by atoms with van der Waals surface area (Å²) >= 11 is 0. The molecule has 0 N–H and O–H groups in total. The second-order valence-corrected chi connectivity index (χ2v) is 20.2. The van der Waals surface area contributed by atoms with Gasteiger partial charge in [0.2, 0.25) is 0 Å². The summed E-state index contributed by atoms with van der Waals surface area (Å²) in [5.41, 5.74) is 0. The molecule has 0 bridgehead atoms. The zero-order valence-electron chi connectivity index (χ0n) is 20.5. The molecule has 0 aromatic heterocycles. The van der Waals surface area contributed by atoms with Crippen LogP contribution in [0, 0.1) is 23.7 Å². The van der Waals surface area contributed by atoms with Gasteiger partial charge in [-0.2, -0.15) is 0 Å². The average Bonchev–Trinajstić information content (AvgIpc) is 2.81. The van der Waals surface area contributed by atoms with E-state index in [0.29, 0.717) is 18.9 Å². The molecule has 0 spiro atoms. The van der Waals surface area contributed by atoms with Crippen molar-refractivity contribution < 1.29 is 18.4 Å². The second kappa shape index (κ2) is 10.1. The molecular formula is C23H44O4Si2. The summed E-state index contributed by atoms with van der Waals surface area (Å²) in [6, 6.07) is 0. The fraction of sp³-hybridized carbons (Fsp3) is 0.870. The fourth-order valence-corrected chi connectivity index (χ4v) is 6.44. The van der Waals surface area contributed by atoms with Crippen molar-refractivity contribution in [1.29, 1.82) is 0 Å². The molecule has 29 heavy (non-hydrogen) atoms. The third-order valence-electron chi connectivity index (χ3n) is 6.16. The minimum atomic E-state index is -2.04. The number of esters is 1. The van der Waals surface area contributed by atoms with Crippen LogP contribution >= 0.6 is 0 Å². The zero-order valence-corrected chi connectivity index (χ0v) is 22.5. The van der Waals surface area contributed by atoms with E-state index >= 15 is 0 Å². The van der Waals surface area contributed by atoms with Gasteiger partial charge in [0.25, 0.3) is 0 Å². The summed E-state index contributed by atoms with van der Waals surface area (Å²) in [6.07, 6.45) is 4.44. The van der Waals surface area contributed by atoms with E-state index in [1.807, 2.05) is 0 Å². The Labute approximate surface area is 181 Å². The molecule has 1 aliphatic carbocycles. The first-order valence-electron chi connectivity index (χ1n) is 11.2. The summed E-state index contributed by atoms with van der Waals surface area (Å²) in [5, 5.41) is 0.105. The molecule has 0 unspecified atom stereocenters. The zero-order chi connectivity index (χ0) is 22.5. The molecule has 1 saturated carbocycles. The molecule has 0 radical (unpaired) electrons. The summed E-state index contributed by atoms with van der Waals surface area (Å²) < 4.78 is 19.0. The highest BCUT2D eigenvalue weighted by Gasteiger charge is 2.55. The minimum Gasteiger partial charge on any atom is -0.456 e. The van der Waals surface area contributed by atoms with Gasteiger partial charge in [-0.1, -0.05) is 47.0 Å². The molecule has 1 fully saturated rings. The first-order chi connectivity index (χ1) is 13.1. The topological polar surface area (TPSA) is 44.8 Å². The number of carbonyl (C=O) groups is 1. The van der Waals surface area contributed by atoms with Gasteiger partial charge < -0.3 is 13.6 Å². The van der Waals surface area contributed by atoms with Crippen LogP contribution in [0.2, 0.25) is 37.8 Å². The molecule has 0 aliphatic heterocycles. The van der Waals surface area contributed by atoms with Crippen molar-refractivity contribution in [3.05, 3.63) is 0 Å². The number of hydrogen-bond donors (Lipinski definition) is 0. The smallest absolute Gasteiger partial charge is 0.384 e. The average molecular weight is 441 g/mol. The van der Waals surface area contributed by atoms with Crippen molar-refractivity contribution in [3.8, 4) is 11.8 Å². The van der Waals surface area contributed by atoms with Crippen molar-refractivity contribution in [2.24, 2.45) is 11.8 Å². The Morgan fingerprint density at radius 1 is 1.14 bits per heavy atom. The standard InChI is InChI=1S/C23H44O4Si2/c1-11-12-18-25-21(24)15-13-14-20-19(2)16-17-23(20,26-28(6,7)8)27-29(9,10)22(3,4)5/h19-20H,11-12,14,16-18H2,1-10H3/t19-,20+,23-/m0/s1. The third kappa shape index (κ3) is 7.86. The molecule has 0 saturated heterocycles. The Kier molecular flexibility index (Phi) is 9.23. The van der Waals surface area contributed by atoms with Gasteiger partial charge in [-0.25, -0.2) is 4.79 Å². The highest BCUT2D eigenvalue weighted by Crippen LogP contribution is 2.51. The molecule has 0 amide bonds. The molecule has 3 atom stereocenters. The van der Waals surface area contributed by atoms with E-state index in [1.165, 1.54) is 0 Å². The third-order valence-corrected chi connectivity index (χ3v) is 11.6. The van der Waals surface area contributed by atoms with Crippen molar-refractivity contribution in [1.82, 2.24) is 0 Å². The largest absolute Gasteiger partial charge is 0.456 e. The Morgan fingerprint density at radius 3 is 2.28 bits per heavy atom. The lowest BCUT2D eigenvalue weighted by Gasteiger charge is -2.49.